The molecule has 1 aromatic carbocycles. The third kappa shape index (κ3) is 3.13. The molecule has 0 bridgehead atoms. The number of nitrogens with zero attached hydrogens (tertiary/aromatic N) is 1. The van der Waals surface area contributed by atoms with Gasteiger partial charge in [0.05, 0.1) is 18.9 Å². The molecule has 1 aliphatic carbocycles. The van der Waals surface area contributed by atoms with E-state index in [1.165, 1.54) is 0 Å². The number of para-hydroxylation sites is 1. The fourth-order valence-corrected chi connectivity index (χ4v) is 3.63. The van der Waals surface area contributed by atoms with Crippen molar-refractivity contribution in [3.63, 3.8) is 0 Å². The molecule has 1 saturated heterocycles. The van der Waals surface area contributed by atoms with Crippen molar-refractivity contribution in [2.75, 3.05) is 13.7 Å². The predicted molar refractivity (Wildman–Crippen MR) is 87.0 cm³/mol. The molecule has 128 valence electrons. The highest BCUT2D eigenvalue weighted by Gasteiger charge is 2.48. The standard InChI is InChI=1S/C18H22N2O4/c1-24-15-9-5-2-6-12(15)10-19-16(21)11-20-17(22)13-7-3-4-8-14(13)18(20)23/h2,5-6,9,13-14H,3-4,7-8,10-11H2,1H3,(H,19,21)/t13-,14-/m1/s1. The smallest absolute Gasteiger partial charge is 0.240 e. The van der Waals surface area contributed by atoms with Crippen molar-refractivity contribution in [1.82, 2.24) is 10.2 Å². The summed E-state index contributed by atoms with van der Waals surface area (Å²) < 4.78 is 5.24. The highest BCUT2D eigenvalue weighted by atomic mass is 16.5. The average Bonchev–Trinajstić information content (AvgIpc) is 2.85. The van der Waals surface area contributed by atoms with E-state index in [2.05, 4.69) is 5.32 Å². The molecule has 2 atom stereocenters. The minimum atomic E-state index is -0.332. The first-order valence-corrected chi connectivity index (χ1v) is 8.35. The summed E-state index contributed by atoms with van der Waals surface area (Å²) in [5.74, 6) is -0.436. The number of methoxy groups -OCH3 is 1. The SMILES string of the molecule is COc1ccccc1CNC(=O)CN1C(=O)[C@@H]2CCCC[C@H]2C1=O. The van der Waals surface area contributed by atoms with Gasteiger partial charge in [-0.25, -0.2) is 0 Å². The summed E-state index contributed by atoms with van der Waals surface area (Å²) in [6.45, 7) is 0.103. The van der Waals surface area contributed by atoms with Gasteiger partial charge in [0.1, 0.15) is 12.3 Å². The number of benzene rings is 1. The van der Waals surface area contributed by atoms with Crippen LogP contribution in [0.3, 0.4) is 0 Å². The molecule has 2 aliphatic rings. The Morgan fingerprint density at radius 2 is 1.79 bits per heavy atom. The lowest BCUT2D eigenvalue weighted by molar-refractivity contribution is -0.143. The molecule has 6 nitrogen and oxygen atoms in total. The molecule has 0 unspecified atom stereocenters. The van der Waals surface area contributed by atoms with Gasteiger partial charge in [-0.05, 0) is 18.9 Å². The second-order valence-corrected chi connectivity index (χ2v) is 6.35. The number of carbonyl (C=O) groups excluding carboxylic acids is 3. The minimum absolute atomic E-state index is 0.183. The summed E-state index contributed by atoms with van der Waals surface area (Å²) in [6, 6.07) is 7.40. The van der Waals surface area contributed by atoms with Gasteiger partial charge in [0.2, 0.25) is 17.7 Å². The largest absolute Gasteiger partial charge is 0.496 e. The van der Waals surface area contributed by atoms with Gasteiger partial charge in [0.25, 0.3) is 0 Å². The number of rotatable bonds is 5. The molecule has 24 heavy (non-hydrogen) atoms. The van der Waals surface area contributed by atoms with Gasteiger partial charge in [0, 0.05) is 12.1 Å². The Morgan fingerprint density at radius 1 is 1.17 bits per heavy atom. The third-order valence-corrected chi connectivity index (χ3v) is 4.90. The third-order valence-electron chi connectivity index (χ3n) is 4.90. The van der Waals surface area contributed by atoms with Crippen LogP contribution in [0.5, 0.6) is 5.75 Å². The summed E-state index contributed by atoms with van der Waals surface area (Å²) in [5.41, 5.74) is 0.848. The van der Waals surface area contributed by atoms with E-state index in [0.29, 0.717) is 12.3 Å². The number of nitrogens with one attached hydrogen (secondary N) is 1. The molecule has 0 aromatic heterocycles. The Balaban J connectivity index is 1.59. The van der Waals surface area contributed by atoms with E-state index in [1.54, 1.807) is 7.11 Å². The van der Waals surface area contributed by atoms with Crippen molar-refractivity contribution in [3.05, 3.63) is 29.8 Å². The lowest BCUT2D eigenvalue weighted by Gasteiger charge is -2.19. The van der Waals surface area contributed by atoms with Crippen LogP contribution in [0.2, 0.25) is 0 Å². The Morgan fingerprint density at radius 3 is 2.42 bits per heavy atom. The first kappa shape index (κ1) is 16.5. The highest BCUT2D eigenvalue weighted by Crippen LogP contribution is 2.37. The van der Waals surface area contributed by atoms with Crippen LogP contribution in [0.4, 0.5) is 0 Å². The maximum absolute atomic E-state index is 12.4. The van der Waals surface area contributed by atoms with Gasteiger partial charge < -0.3 is 10.1 Å². The fraction of sp³-hybridized carbons (Fsp3) is 0.500. The lowest BCUT2D eigenvalue weighted by atomic mass is 9.81. The van der Waals surface area contributed by atoms with Crippen LogP contribution in [0.15, 0.2) is 24.3 Å². The minimum Gasteiger partial charge on any atom is -0.496 e. The second kappa shape index (κ2) is 7.03. The maximum atomic E-state index is 12.4. The van der Waals surface area contributed by atoms with Gasteiger partial charge in [0.15, 0.2) is 0 Å². The number of amides is 3. The Bertz CT molecular complexity index is 634. The maximum Gasteiger partial charge on any atom is 0.240 e. The van der Waals surface area contributed by atoms with E-state index in [0.717, 1.165) is 36.1 Å². The summed E-state index contributed by atoms with van der Waals surface area (Å²) in [5, 5.41) is 2.76. The summed E-state index contributed by atoms with van der Waals surface area (Å²) in [4.78, 5) is 38.0. The van der Waals surface area contributed by atoms with Crippen LogP contribution < -0.4 is 10.1 Å². The van der Waals surface area contributed by atoms with Crippen molar-refractivity contribution in [3.8, 4) is 5.75 Å². The highest BCUT2D eigenvalue weighted by molar-refractivity contribution is 6.07. The number of fused-ring (bicyclic) bond motifs is 1. The number of hydrogen-bond acceptors (Lipinski definition) is 4. The fourth-order valence-electron chi connectivity index (χ4n) is 3.63. The first-order valence-electron chi connectivity index (χ1n) is 8.35. The van der Waals surface area contributed by atoms with Crippen LogP contribution in [-0.4, -0.2) is 36.3 Å². The molecular weight excluding hydrogens is 308 g/mol. The normalized spacial score (nSPS) is 23.1. The molecule has 6 heteroatoms. The summed E-state index contributed by atoms with van der Waals surface area (Å²) in [6.07, 6.45) is 3.48. The molecule has 1 heterocycles. The van der Waals surface area contributed by atoms with Crippen LogP contribution in [0.25, 0.3) is 0 Å². The van der Waals surface area contributed by atoms with E-state index >= 15 is 0 Å². The van der Waals surface area contributed by atoms with Crippen LogP contribution >= 0.6 is 0 Å². The lowest BCUT2D eigenvalue weighted by Crippen LogP contribution is -2.40. The zero-order chi connectivity index (χ0) is 17.1. The van der Waals surface area contributed by atoms with Crippen LogP contribution in [0.1, 0.15) is 31.2 Å². The average molecular weight is 330 g/mol. The van der Waals surface area contributed by atoms with Crippen molar-refractivity contribution >= 4 is 17.7 Å². The van der Waals surface area contributed by atoms with Gasteiger partial charge in [-0.2, -0.15) is 0 Å². The quantitative estimate of drug-likeness (QED) is 0.830. The van der Waals surface area contributed by atoms with Crippen molar-refractivity contribution in [1.29, 1.82) is 0 Å². The van der Waals surface area contributed by atoms with Gasteiger partial charge in [-0.1, -0.05) is 31.0 Å². The molecule has 1 N–H and O–H groups in total. The van der Waals surface area contributed by atoms with E-state index in [-0.39, 0.29) is 36.1 Å². The molecule has 1 aromatic rings. The van der Waals surface area contributed by atoms with Crippen molar-refractivity contribution in [2.45, 2.75) is 32.2 Å². The zero-order valence-corrected chi connectivity index (χ0v) is 13.8. The molecule has 3 rings (SSSR count). The van der Waals surface area contributed by atoms with E-state index < -0.39 is 0 Å². The van der Waals surface area contributed by atoms with Gasteiger partial charge in [-0.3, -0.25) is 19.3 Å². The zero-order valence-electron chi connectivity index (χ0n) is 13.8. The van der Waals surface area contributed by atoms with E-state index in [4.69, 9.17) is 4.74 Å². The molecule has 1 saturated carbocycles. The number of imide groups is 1. The number of likely N-dealkylation sites (tertiary alicyclic amines) is 1. The Labute approximate surface area is 141 Å². The second-order valence-electron chi connectivity index (χ2n) is 6.35. The Hall–Kier alpha value is -2.37. The van der Waals surface area contributed by atoms with Crippen LogP contribution in [-0.2, 0) is 20.9 Å². The molecule has 1 aliphatic heterocycles. The topological polar surface area (TPSA) is 75.7 Å². The summed E-state index contributed by atoms with van der Waals surface area (Å²) in [7, 11) is 1.57. The predicted octanol–water partition coefficient (Wildman–Crippen LogP) is 1.49. The Kier molecular flexibility index (Phi) is 4.83. The van der Waals surface area contributed by atoms with E-state index in [9.17, 15) is 14.4 Å². The van der Waals surface area contributed by atoms with Gasteiger partial charge >= 0.3 is 0 Å². The molecule has 0 radical (unpaired) electrons. The number of hydrogen-bond donors (Lipinski definition) is 1. The monoisotopic (exact) mass is 330 g/mol. The van der Waals surface area contributed by atoms with Gasteiger partial charge in [-0.15, -0.1) is 0 Å². The van der Waals surface area contributed by atoms with Crippen molar-refractivity contribution < 1.29 is 19.1 Å². The van der Waals surface area contributed by atoms with Crippen molar-refractivity contribution in [2.24, 2.45) is 11.8 Å². The number of ether oxygens (including phenoxy) is 1. The summed E-state index contributed by atoms with van der Waals surface area (Å²) >= 11 is 0. The molecule has 3 amide bonds. The first-order chi connectivity index (χ1) is 11.6. The molecular formula is C18H22N2O4. The van der Waals surface area contributed by atoms with Crippen LogP contribution in [0, 0.1) is 11.8 Å². The molecule has 2 fully saturated rings. The van der Waals surface area contributed by atoms with E-state index in [1.807, 2.05) is 24.3 Å². The molecule has 0 spiro atoms. The number of carbonyl (C=O) groups is 3.